The molecule has 0 spiro atoms. The molecule has 21 heavy (non-hydrogen) atoms. The standard InChI is InChI=1S/C13H22N2O3.CH2O2/c1-2-3-4-5-12(16)14-11-6-8-15(9-7-11)10-13(17)18;2-1-3/h3-4,11H,2,5-10H2,1H3,(H,14,16)(H,17,18);1H,(H,2,3). The monoisotopic (exact) mass is 300 g/mol. The van der Waals surface area contributed by atoms with E-state index in [0.29, 0.717) is 6.42 Å². The summed E-state index contributed by atoms with van der Waals surface area (Å²) in [5, 5.41) is 18.6. The number of allylic oxidation sites excluding steroid dienone is 1. The van der Waals surface area contributed by atoms with E-state index in [9.17, 15) is 9.59 Å². The predicted molar refractivity (Wildman–Crippen MR) is 78.0 cm³/mol. The number of carboxylic acids is 1. The molecule has 0 saturated carbocycles. The minimum Gasteiger partial charge on any atom is -0.483 e. The molecular formula is C14H24N2O5. The Bertz CT molecular complexity index is 349. The minimum absolute atomic E-state index is 0.0522. The molecule has 3 N–H and O–H groups in total. The highest BCUT2D eigenvalue weighted by Gasteiger charge is 2.21. The zero-order valence-electron chi connectivity index (χ0n) is 12.3. The Morgan fingerprint density at radius 3 is 2.33 bits per heavy atom. The highest BCUT2D eigenvalue weighted by Crippen LogP contribution is 2.10. The average molecular weight is 300 g/mol. The Morgan fingerprint density at radius 2 is 1.86 bits per heavy atom. The maximum absolute atomic E-state index is 11.6. The Balaban J connectivity index is 0.00000122. The van der Waals surface area contributed by atoms with Gasteiger partial charge in [0.2, 0.25) is 5.91 Å². The van der Waals surface area contributed by atoms with Gasteiger partial charge in [-0.25, -0.2) is 0 Å². The second-order valence-electron chi connectivity index (χ2n) is 4.70. The molecular weight excluding hydrogens is 276 g/mol. The van der Waals surface area contributed by atoms with Crippen molar-refractivity contribution in [3.8, 4) is 0 Å². The molecule has 1 amide bonds. The zero-order chi connectivity index (χ0) is 16.1. The number of nitrogens with zero attached hydrogens (tertiary/aromatic N) is 1. The molecule has 1 fully saturated rings. The van der Waals surface area contributed by atoms with Crippen LogP contribution in [0.25, 0.3) is 0 Å². The lowest BCUT2D eigenvalue weighted by atomic mass is 10.0. The second-order valence-corrected chi connectivity index (χ2v) is 4.70. The minimum atomic E-state index is -0.790. The Labute approximate surface area is 124 Å². The van der Waals surface area contributed by atoms with Crippen LogP contribution in [-0.4, -0.2) is 59.1 Å². The Kier molecular flexibility index (Phi) is 10.8. The van der Waals surface area contributed by atoms with Gasteiger partial charge in [-0.15, -0.1) is 0 Å². The van der Waals surface area contributed by atoms with Gasteiger partial charge in [0.1, 0.15) is 0 Å². The largest absolute Gasteiger partial charge is 0.483 e. The van der Waals surface area contributed by atoms with E-state index in [-0.39, 0.29) is 25.0 Å². The van der Waals surface area contributed by atoms with Crippen LogP contribution in [0.4, 0.5) is 0 Å². The predicted octanol–water partition coefficient (Wildman–Crippen LogP) is 0.709. The van der Waals surface area contributed by atoms with Crippen LogP contribution in [0, 0.1) is 0 Å². The normalized spacial score (nSPS) is 16.0. The first-order valence-electron chi connectivity index (χ1n) is 6.99. The van der Waals surface area contributed by atoms with Crippen LogP contribution in [0.2, 0.25) is 0 Å². The van der Waals surface area contributed by atoms with Gasteiger partial charge in [0.15, 0.2) is 0 Å². The van der Waals surface area contributed by atoms with Gasteiger partial charge >= 0.3 is 5.97 Å². The second kappa shape index (κ2) is 11.9. The molecule has 0 unspecified atom stereocenters. The molecule has 7 heteroatoms. The van der Waals surface area contributed by atoms with Crippen molar-refractivity contribution < 1.29 is 24.6 Å². The lowest BCUT2D eigenvalue weighted by molar-refractivity contribution is -0.138. The van der Waals surface area contributed by atoms with Crippen LogP contribution in [0.3, 0.4) is 0 Å². The van der Waals surface area contributed by atoms with E-state index in [1.54, 1.807) is 0 Å². The molecule has 0 aliphatic carbocycles. The third-order valence-corrected chi connectivity index (χ3v) is 3.02. The summed E-state index contributed by atoms with van der Waals surface area (Å²) in [6, 6.07) is 0.192. The first kappa shape index (κ1) is 19.1. The summed E-state index contributed by atoms with van der Waals surface area (Å²) in [5.74, 6) is -0.737. The molecule has 1 heterocycles. The van der Waals surface area contributed by atoms with Gasteiger partial charge in [-0.2, -0.15) is 0 Å². The zero-order valence-corrected chi connectivity index (χ0v) is 12.3. The highest BCUT2D eigenvalue weighted by molar-refractivity contribution is 5.77. The van der Waals surface area contributed by atoms with E-state index in [0.717, 1.165) is 32.4 Å². The summed E-state index contributed by atoms with van der Waals surface area (Å²) in [6.45, 7) is 3.36. The van der Waals surface area contributed by atoms with Crippen LogP contribution in [0.1, 0.15) is 32.6 Å². The number of piperidine rings is 1. The number of hydrogen-bond acceptors (Lipinski definition) is 4. The van der Waals surface area contributed by atoms with Crippen molar-refractivity contribution in [3.63, 3.8) is 0 Å². The quantitative estimate of drug-likeness (QED) is 0.492. The molecule has 0 aromatic rings. The SMILES string of the molecule is CCC=CCC(=O)NC1CCN(CC(=O)O)CC1.O=CO. The van der Waals surface area contributed by atoms with Crippen molar-refractivity contribution in [1.82, 2.24) is 10.2 Å². The number of likely N-dealkylation sites (tertiary alicyclic amines) is 1. The van der Waals surface area contributed by atoms with E-state index < -0.39 is 5.97 Å². The van der Waals surface area contributed by atoms with Gasteiger partial charge in [0.25, 0.3) is 6.47 Å². The van der Waals surface area contributed by atoms with Gasteiger partial charge in [0, 0.05) is 25.6 Å². The Hall–Kier alpha value is -1.89. The number of carboxylic acid groups (broad SMARTS) is 2. The molecule has 1 saturated heterocycles. The van der Waals surface area contributed by atoms with E-state index >= 15 is 0 Å². The third-order valence-electron chi connectivity index (χ3n) is 3.02. The van der Waals surface area contributed by atoms with Gasteiger partial charge in [-0.3, -0.25) is 19.3 Å². The summed E-state index contributed by atoms with van der Waals surface area (Å²) in [6.07, 6.45) is 6.90. The lowest BCUT2D eigenvalue weighted by Crippen LogP contribution is -2.45. The molecule has 0 radical (unpaired) electrons. The van der Waals surface area contributed by atoms with Crippen molar-refractivity contribution in [2.24, 2.45) is 0 Å². The maximum Gasteiger partial charge on any atom is 0.317 e. The van der Waals surface area contributed by atoms with E-state index in [4.69, 9.17) is 15.0 Å². The number of aliphatic carboxylic acids is 1. The topological polar surface area (TPSA) is 107 Å². The summed E-state index contributed by atoms with van der Waals surface area (Å²) in [5.41, 5.74) is 0. The van der Waals surface area contributed by atoms with Crippen LogP contribution < -0.4 is 5.32 Å². The smallest absolute Gasteiger partial charge is 0.317 e. The van der Waals surface area contributed by atoms with Crippen molar-refractivity contribution >= 4 is 18.3 Å². The Morgan fingerprint density at radius 1 is 1.29 bits per heavy atom. The van der Waals surface area contributed by atoms with Crippen molar-refractivity contribution in [1.29, 1.82) is 0 Å². The highest BCUT2D eigenvalue weighted by atomic mass is 16.4. The number of hydrogen-bond donors (Lipinski definition) is 3. The van der Waals surface area contributed by atoms with Crippen molar-refractivity contribution in [2.75, 3.05) is 19.6 Å². The summed E-state index contributed by atoms with van der Waals surface area (Å²) < 4.78 is 0. The van der Waals surface area contributed by atoms with Crippen LogP contribution in [-0.2, 0) is 14.4 Å². The summed E-state index contributed by atoms with van der Waals surface area (Å²) in [4.78, 5) is 32.4. The first-order chi connectivity index (χ1) is 10.0. The molecule has 0 aromatic heterocycles. The van der Waals surface area contributed by atoms with Gasteiger partial charge < -0.3 is 15.5 Å². The maximum atomic E-state index is 11.6. The number of carbonyl (C=O) groups excluding carboxylic acids is 1. The molecule has 0 aromatic carbocycles. The van der Waals surface area contributed by atoms with E-state index in [1.807, 2.05) is 24.0 Å². The number of rotatable bonds is 6. The first-order valence-corrected chi connectivity index (χ1v) is 6.99. The fourth-order valence-corrected chi connectivity index (χ4v) is 2.07. The average Bonchev–Trinajstić information content (AvgIpc) is 2.42. The summed E-state index contributed by atoms with van der Waals surface area (Å²) >= 11 is 0. The van der Waals surface area contributed by atoms with Gasteiger partial charge in [0.05, 0.1) is 6.54 Å². The number of nitrogens with one attached hydrogen (secondary N) is 1. The van der Waals surface area contributed by atoms with Crippen LogP contribution >= 0.6 is 0 Å². The molecule has 1 aliphatic rings. The van der Waals surface area contributed by atoms with Crippen LogP contribution in [0.5, 0.6) is 0 Å². The third kappa shape index (κ3) is 10.5. The van der Waals surface area contributed by atoms with Crippen LogP contribution in [0.15, 0.2) is 12.2 Å². The number of amides is 1. The molecule has 1 rings (SSSR count). The van der Waals surface area contributed by atoms with Gasteiger partial charge in [-0.05, 0) is 19.3 Å². The van der Waals surface area contributed by atoms with Gasteiger partial charge in [-0.1, -0.05) is 19.1 Å². The lowest BCUT2D eigenvalue weighted by Gasteiger charge is -2.31. The molecule has 120 valence electrons. The molecule has 0 bridgehead atoms. The van der Waals surface area contributed by atoms with E-state index in [2.05, 4.69) is 5.32 Å². The molecule has 7 nitrogen and oxygen atoms in total. The number of carbonyl (C=O) groups is 3. The fourth-order valence-electron chi connectivity index (χ4n) is 2.07. The van der Waals surface area contributed by atoms with Crippen molar-refractivity contribution in [3.05, 3.63) is 12.2 Å². The van der Waals surface area contributed by atoms with E-state index in [1.165, 1.54) is 0 Å². The molecule has 0 atom stereocenters. The van der Waals surface area contributed by atoms with Crippen molar-refractivity contribution in [2.45, 2.75) is 38.6 Å². The fraction of sp³-hybridized carbons (Fsp3) is 0.643. The summed E-state index contributed by atoms with van der Waals surface area (Å²) in [7, 11) is 0. The molecule has 1 aliphatic heterocycles.